The summed E-state index contributed by atoms with van der Waals surface area (Å²) in [7, 11) is 1.44. The Morgan fingerprint density at radius 3 is 2.53 bits per heavy atom. The maximum atomic E-state index is 11.7. The van der Waals surface area contributed by atoms with E-state index in [1.807, 2.05) is 4.90 Å². The van der Waals surface area contributed by atoms with E-state index >= 15 is 0 Å². The average molecular weight is 243 g/mol. The summed E-state index contributed by atoms with van der Waals surface area (Å²) in [6.45, 7) is 10.5. The molecule has 0 aromatic carbocycles. The first-order chi connectivity index (χ1) is 7.90. The molecule has 1 unspecified atom stereocenters. The van der Waals surface area contributed by atoms with Crippen molar-refractivity contribution in [2.24, 2.45) is 11.1 Å². The van der Waals surface area contributed by atoms with Crippen LogP contribution < -0.4 is 5.73 Å². The van der Waals surface area contributed by atoms with E-state index < -0.39 is 0 Å². The summed E-state index contributed by atoms with van der Waals surface area (Å²) in [4.78, 5) is 15.9. The van der Waals surface area contributed by atoms with Gasteiger partial charge in [0, 0.05) is 32.7 Å². The lowest BCUT2D eigenvalue weighted by atomic mass is 9.84. The van der Waals surface area contributed by atoms with E-state index in [4.69, 9.17) is 10.5 Å². The molecular weight excluding hydrogens is 218 g/mol. The number of methoxy groups -OCH3 is 1. The highest BCUT2D eigenvalue weighted by Crippen LogP contribution is 2.28. The number of nitrogens with zero attached hydrogens (tertiary/aromatic N) is 2. The summed E-state index contributed by atoms with van der Waals surface area (Å²) in [6, 6.07) is 0.176. The van der Waals surface area contributed by atoms with Gasteiger partial charge in [-0.05, 0) is 5.41 Å². The monoisotopic (exact) mass is 243 g/mol. The Bertz CT molecular complexity index is 263. The predicted octanol–water partition coefficient (Wildman–Crippen LogP) is 0.744. The van der Waals surface area contributed by atoms with E-state index in [9.17, 15) is 4.79 Å². The van der Waals surface area contributed by atoms with Crippen LogP contribution in [0.2, 0.25) is 0 Å². The molecule has 1 aliphatic rings. The van der Waals surface area contributed by atoms with Crippen molar-refractivity contribution in [3.63, 3.8) is 0 Å². The number of hydrogen-bond donors (Lipinski definition) is 1. The molecule has 0 bridgehead atoms. The lowest BCUT2D eigenvalue weighted by Gasteiger charge is -2.46. The summed E-state index contributed by atoms with van der Waals surface area (Å²) in [5.41, 5.74) is 5.63. The molecule has 100 valence electrons. The van der Waals surface area contributed by atoms with Crippen LogP contribution in [0.15, 0.2) is 0 Å². The van der Waals surface area contributed by atoms with Crippen molar-refractivity contribution in [2.45, 2.75) is 26.8 Å². The highest BCUT2D eigenvalue weighted by molar-refractivity contribution is 5.68. The minimum Gasteiger partial charge on any atom is -0.453 e. The zero-order valence-electron chi connectivity index (χ0n) is 11.4. The Balaban J connectivity index is 2.76. The molecule has 0 spiro atoms. The van der Waals surface area contributed by atoms with E-state index in [0.29, 0.717) is 13.1 Å². The Morgan fingerprint density at radius 2 is 2.06 bits per heavy atom. The van der Waals surface area contributed by atoms with Crippen molar-refractivity contribution in [3.8, 4) is 0 Å². The lowest BCUT2D eigenvalue weighted by Crippen LogP contribution is -2.60. The molecule has 1 amide bonds. The average Bonchev–Trinajstić information content (AvgIpc) is 2.27. The number of rotatable bonds is 2. The molecule has 1 rings (SSSR count). The van der Waals surface area contributed by atoms with Gasteiger partial charge in [-0.25, -0.2) is 4.79 Å². The van der Waals surface area contributed by atoms with Crippen LogP contribution in [0.3, 0.4) is 0 Å². The van der Waals surface area contributed by atoms with E-state index in [-0.39, 0.29) is 17.6 Å². The maximum Gasteiger partial charge on any atom is 0.409 e. The zero-order valence-corrected chi connectivity index (χ0v) is 11.4. The topological polar surface area (TPSA) is 58.8 Å². The normalized spacial score (nSPS) is 22.6. The van der Waals surface area contributed by atoms with Gasteiger partial charge in [-0.3, -0.25) is 4.90 Å². The van der Waals surface area contributed by atoms with Gasteiger partial charge in [0.05, 0.1) is 13.2 Å². The Kier molecular flexibility index (Phi) is 4.77. The van der Waals surface area contributed by atoms with Crippen LogP contribution in [0.4, 0.5) is 4.79 Å². The smallest absolute Gasteiger partial charge is 0.409 e. The second-order valence-corrected chi connectivity index (χ2v) is 5.63. The first kappa shape index (κ1) is 14.3. The summed E-state index contributed by atoms with van der Waals surface area (Å²) in [6.07, 6.45) is -0.225. The van der Waals surface area contributed by atoms with Gasteiger partial charge in [-0.1, -0.05) is 20.8 Å². The molecule has 1 heterocycles. The molecule has 5 heteroatoms. The molecule has 0 saturated carbocycles. The molecule has 1 aliphatic heterocycles. The summed E-state index contributed by atoms with van der Waals surface area (Å²) in [5.74, 6) is 0. The molecule has 0 aromatic heterocycles. The third kappa shape index (κ3) is 3.57. The van der Waals surface area contributed by atoms with Gasteiger partial charge in [0.15, 0.2) is 0 Å². The molecular formula is C12H25N3O2. The van der Waals surface area contributed by atoms with Gasteiger partial charge in [-0.15, -0.1) is 0 Å². The largest absolute Gasteiger partial charge is 0.453 e. The van der Waals surface area contributed by atoms with E-state index in [0.717, 1.165) is 19.6 Å². The quantitative estimate of drug-likeness (QED) is 0.777. The second-order valence-electron chi connectivity index (χ2n) is 5.63. The zero-order chi connectivity index (χ0) is 13.1. The number of carbonyl (C=O) groups is 1. The molecule has 1 atom stereocenters. The van der Waals surface area contributed by atoms with Crippen molar-refractivity contribution in [2.75, 3.05) is 39.8 Å². The van der Waals surface area contributed by atoms with Gasteiger partial charge in [0.1, 0.15) is 0 Å². The summed E-state index contributed by atoms with van der Waals surface area (Å²) >= 11 is 0. The first-order valence-corrected chi connectivity index (χ1v) is 6.17. The van der Waals surface area contributed by atoms with Gasteiger partial charge < -0.3 is 15.4 Å². The lowest BCUT2D eigenvalue weighted by molar-refractivity contribution is 0.0162. The summed E-state index contributed by atoms with van der Waals surface area (Å²) < 4.78 is 4.85. The van der Waals surface area contributed by atoms with Crippen LogP contribution in [-0.2, 0) is 4.74 Å². The van der Waals surface area contributed by atoms with Gasteiger partial charge in [0.2, 0.25) is 0 Å². The van der Waals surface area contributed by atoms with Crippen LogP contribution in [0.25, 0.3) is 0 Å². The second kappa shape index (κ2) is 5.69. The SMILES string of the molecule is COC(=O)N1CCN(CCN)CC1C(C)(C)C. The van der Waals surface area contributed by atoms with Crippen molar-refractivity contribution < 1.29 is 9.53 Å². The number of amides is 1. The number of nitrogens with two attached hydrogens (primary N) is 1. The Morgan fingerprint density at radius 1 is 1.41 bits per heavy atom. The molecule has 2 N–H and O–H groups in total. The fraction of sp³-hybridized carbons (Fsp3) is 0.917. The van der Waals surface area contributed by atoms with Crippen molar-refractivity contribution >= 4 is 6.09 Å². The predicted molar refractivity (Wildman–Crippen MR) is 67.8 cm³/mol. The Hall–Kier alpha value is -0.810. The standard InChI is InChI=1S/C12H25N3O2/c1-12(2,3)10-9-14(6-5-13)7-8-15(10)11(16)17-4/h10H,5-9,13H2,1-4H3. The fourth-order valence-corrected chi connectivity index (χ4v) is 2.30. The van der Waals surface area contributed by atoms with Crippen LogP contribution >= 0.6 is 0 Å². The van der Waals surface area contributed by atoms with E-state index in [1.54, 1.807) is 0 Å². The number of piperazine rings is 1. The highest BCUT2D eigenvalue weighted by Gasteiger charge is 2.38. The summed E-state index contributed by atoms with van der Waals surface area (Å²) in [5, 5.41) is 0. The number of hydrogen-bond acceptors (Lipinski definition) is 4. The van der Waals surface area contributed by atoms with E-state index in [2.05, 4.69) is 25.7 Å². The molecule has 17 heavy (non-hydrogen) atoms. The number of carbonyl (C=O) groups excluding carboxylic acids is 1. The molecule has 0 aliphatic carbocycles. The first-order valence-electron chi connectivity index (χ1n) is 6.17. The Labute approximate surface area is 104 Å². The third-order valence-electron chi connectivity index (χ3n) is 3.32. The van der Waals surface area contributed by atoms with Crippen LogP contribution in [-0.4, -0.2) is 61.8 Å². The maximum absolute atomic E-state index is 11.7. The van der Waals surface area contributed by atoms with Crippen molar-refractivity contribution in [3.05, 3.63) is 0 Å². The van der Waals surface area contributed by atoms with Crippen molar-refractivity contribution in [1.82, 2.24) is 9.80 Å². The van der Waals surface area contributed by atoms with Gasteiger partial charge in [0.25, 0.3) is 0 Å². The number of ether oxygens (including phenoxy) is 1. The van der Waals surface area contributed by atoms with Gasteiger partial charge >= 0.3 is 6.09 Å². The van der Waals surface area contributed by atoms with Crippen LogP contribution in [0, 0.1) is 5.41 Å². The van der Waals surface area contributed by atoms with Crippen LogP contribution in [0.1, 0.15) is 20.8 Å². The minimum atomic E-state index is -0.225. The van der Waals surface area contributed by atoms with Crippen LogP contribution in [0.5, 0.6) is 0 Å². The molecule has 0 radical (unpaired) electrons. The highest BCUT2D eigenvalue weighted by atomic mass is 16.5. The molecule has 0 aromatic rings. The van der Waals surface area contributed by atoms with Gasteiger partial charge in [-0.2, -0.15) is 0 Å². The molecule has 5 nitrogen and oxygen atoms in total. The van der Waals surface area contributed by atoms with Crippen molar-refractivity contribution in [1.29, 1.82) is 0 Å². The third-order valence-corrected chi connectivity index (χ3v) is 3.32. The van der Waals surface area contributed by atoms with E-state index in [1.165, 1.54) is 7.11 Å². The molecule has 1 fully saturated rings. The molecule has 1 saturated heterocycles. The fourth-order valence-electron chi connectivity index (χ4n) is 2.30. The minimum absolute atomic E-state index is 0.0431.